The predicted molar refractivity (Wildman–Crippen MR) is 57.2 cm³/mol. The number of hydrogen-bond acceptors (Lipinski definition) is 4. The summed E-state index contributed by atoms with van der Waals surface area (Å²) in [5.41, 5.74) is 4.34. The quantitative estimate of drug-likeness (QED) is 0.681. The first-order valence-corrected chi connectivity index (χ1v) is 5.56. The molecule has 1 aliphatic carbocycles. The van der Waals surface area contributed by atoms with E-state index in [1.54, 1.807) is 0 Å². The van der Waals surface area contributed by atoms with E-state index >= 15 is 0 Å². The van der Waals surface area contributed by atoms with E-state index in [-0.39, 0.29) is 0 Å². The second-order valence-corrected chi connectivity index (χ2v) is 4.91. The van der Waals surface area contributed by atoms with Crippen molar-refractivity contribution in [2.45, 2.75) is 51.2 Å². The molecular weight excluding hydrogens is 194 g/mol. The maximum absolute atomic E-state index is 11.4. The first-order valence-electron chi connectivity index (χ1n) is 5.56. The van der Waals surface area contributed by atoms with Crippen molar-refractivity contribution in [2.24, 2.45) is 11.7 Å². The molecule has 0 unspecified atom stereocenters. The summed E-state index contributed by atoms with van der Waals surface area (Å²) in [6.45, 7) is 3.46. The van der Waals surface area contributed by atoms with Crippen molar-refractivity contribution in [2.75, 3.05) is 6.61 Å². The summed E-state index contributed by atoms with van der Waals surface area (Å²) < 4.78 is 5.09. The summed E-state index contributed by atoms with van der Waals surface area (Å²) in [7, 11) is 0. The largest absolute Gasteiger partial charge is 0.464 e. The van der Waals surface area contributed by atoms with Crippen LogP contribution < -0.4 is 5.73 Å². The molecule has 1 rings (SSSR count). The molecule has 1 aliphatic rings. The summed E-state index contributed by atoms with van der Waals surface area (Å²) in [4.78, 5) is 11.4. The van der Waals surface area contributed by atoms with Crippen LogP contribution in [-0.2, 0) is 9.53 Å². The van der Waals surface area contributed by atoms with Gasteiger partial charge >= 0.3 is 5.97 Å². The first-order chi connectivity index (χ1) is 6.91. The number of rotatable bonds is 4. The molecule has 3 N–H and O–H groups in total. The van der Waals surface area contributed by atoms with Crippen molar-refractivity contribution in [1.29, 1.82) is 0 Å². The van der Waals surface area contributed by atoms with Crippen LogP contribution in [0.2, 0.25) is 0 Å². The fraction of sp³-hybridized carbons (Fsp3) is 0.909. The lowest BCUT2D eigenvalue weighted by atomic mass is 10.0. The normalized spacial score (nSPS) is 20.3. The van der Waals surface area contributed by atoms with Gasteiger partial charge in [-0.15, -0.1) is 0 Å². The van der Waals surface area contributed by atoms with Gasteiger partial charge in [0.1, 0.15) is 6.04 Å². The minimum Gasteiger partial charge on any atom is -0.464 e. The summed E-state index contributed by atoms with van der Waals surface area (Å²) >= 11 is 0. The second-order valence-electron chi connectivity index (χ2n) is 4.91. The van der Waals surface area contributed by atoms with Crippen LogP contribution in [0, 0.1) is 5.92 Å². The van der Waals surface area contributed by atoms with E-state index in [9.17, 15) is 9.90 Å². The Labute approximate surface area is 90.8 Å². The Hall–Kier alpha value is -0.610. The summed E-state index contributed by atoms with van der Waals surface area (Å²) in [6.07, 6.45) is 4.70. The van der Waals surface area contributed by atoms with Crippen LogP contribution in [-0.4, -0.2) is 29.3 Å². The van der Waals surface area contributed by atoms with Crippen molar-refractivity contribution in [3.63, 3.8) is 0 Å². The third-order valence-electron chi connectivity index (χ3n) is 2.95. The third kappa shape index (κ3) is 3.80. The fourth-order valence-corrected chi connectivity index (χ4v) is 1.76. The molecule has 0 radical (unpaired) electrons. The predicted octanol–water partition coefficient (Wildman–Crippen LogP) is 0.818. The molecule has 0 aromatic carbocycles. The minimum absolute atomic E-state index is 0.447. The van der Waals surface area contributed by atoms with Gasteiger partial charge in [0, 0.05) is 0 Å². The van der Waals surface area contributed by atoms with Gasteiger partial charge in [-0.3, -0.25) is 4.79 Å². The summed E-state index contributed by atoms with van der Waals surface area (Å²) in [6, 6.07) is -0.959. The van der Waals surface area contributed by atoms with Crippen molar-refractivity contribution >= 4 is 5.97 Å². The maximum atomic E-state index is 11.4. The number of nitrogens with two attached hydrogens (primary N) is 1. The summed E-state index contributed by atoms with van der Waals surface area (Å²) in [5, 5.41) is 9.52. The molecule has 0 aromatic rings. The van der Waals surface area contributed by atoms with Gasteiger partial charge in [0.2, 0.25) is 0 Å². The van der Waals surface area contributed by atoms with E-state index < -0.39 is 17.6 Å². The zero-order valence-electron chi connectivity index (χ0n) is 9.53. The molecule has 1 fully saturated rings. The second kappa shape index (κ2) is 4.94. The lowest BCUT2D eigenvalue weighted by molar-refractivity contribution is -0.152. The Morgan fingerprint density at radius 1 is 1.53 bits per heavy atom. The van der Waals surface area contributed by atoms with Crippen molar-refractivity contribution in [3.05, 3.63) is 0 Å². The zero-order chi connectivity index (χ0) is 11.5. The van der Waals surface area contributed by atoms with Crippen molar-refractivity contribution < 1.29 is 14.6 Å². The molecule has 1 atom stereocenters. The average molecular weight is 215 g/mol. The van der Waals surface area contributed by atoms with E-state index in [2.05, 4.69) is 0 Å². The van der Waals surface area contributed by atoms with Crippen LogP contribution in [0.3, 0.4) is 0 Å². The standard InChI is InChI=1S/C11H21NO3/c1-11(2,14)9(12)10(13)15-7-8-5-3-4-6-8/h8-9,14H,3-7,12H2,1-2H3/t9-/m1/s1. The van der Waals surface area contributed by atoms with Gasteiger partial charge in [0.25, 0.3) is 0 Å². The molecule has 1 saturated carbocycles. The number of esters is 1. The van der Waals surface area contributed by atoms with Crippen LogP contribution >= 0.6 is 0 Å². The lowest BCUT2D eigenvalue weighted by Crippen LogP contribution is -2.49. The van der Waals surface area contributed by atoms with Crippen LogP contribution in [0.25, 0.3) is 0 Å². The molecule has 88 valence electrons. The van der Waals surface area contributed by atoms with Gasteiger partial charge < -0.3 is 15.6 Å². The monoisotopic (exact) mass is 215 g/mol. The van der Waals surface area contributed by atoms with Crippen molar-refractivity contribution in [3.8, 4) is 0 Å². The Kier molecular flexibility index (Phi) is 4.11. The highest BCUT2D eigenvalue weighted by Gasteiger charge is 2.31. The molecule has 4 heteroatoms. The molecule has 0 heterocycles. The molecule has 4 nitrogen and oxygen atoms in total. The molecule has 0 bridgehead atoms. The highest BCUT2D eigenvalue weighted by molar-refractivity contribution is 5.76. The lowest BCUT2D eigenvalue weighted by Gasteiger charge is -2.24. The molecular formula is C11H21NO3. The third-order valence-corrected chi connectivity index (χ3v) is 2.95. The fourth-order valence-electron chi connectivity index (χ4n) is 1.76. The topological polar surface area (TPSA) is 72.5 Å². The van der Waals surface area contributed by atoms with E-state index in [4.69, 9.17) is 10.5 Å². The van der Waals surface area contributed by atoms with E-state index in [1.807, 2.05) is 0 Å². The highest BCUT2D eigenvalue weighted by atomic mass is 16.5. The van der Waals surface area contributed by atoms with Crippen LogP contribution in [0.4, 0.5) is 0 Å². The van der Waals surface area contributed by atoms with Crippen molar-refractivity contribution in [1.82, 2.24) is 0 Å². The highest BCUT2D eigenvalue weighted by Crippen LogP contribution is 2.24. The summed E-state index contributed by atoms with van der Waals surface area (Å²) in [5.74, 6) is -0.0163. The van der Waals surface area contributed by atoms with Gasteiger partial charge in [0.15, 0.2) is 0 Å². The van der Waals surface area contributed by atoms with Gasteiger partial charge in [-0.1, -0.05) is 12.8 Å². The average Bonchev–Trinajstić information content (AvgIpc) is 2.63. The molecule has 0 spiro atoms. The smallest absolute Gasteiger partial charge is 0.325 e. The number of ether oxygens (including phenoxy) is 1. The molecule has 0 aliphatic heterocycles. The van der Waals surface area contributed by atoms with Gasteiger partial charge in [-0.25, -0.2) is 0 Å². The van der Waals surface area contributed by atoms with E-state index in [0.717, 1.165) is 12.8 Å². The maximum Gasteiger partial charge on any atom is 0.325 e. The van der Waals surface area contributed by atoms with Gasteiger partial charge in [-0.05, 0) is 32.6 Å². The number of carbonyl (C=O) groups excluding carboxylic acids is 1. The number of aliphatic hydroxyl groups is 1. The zero-order valence-corrected chi connectivity index (χ0v) is 9.53. The molecule has 15 heavy (non-hydrogen) atoms. The Balaban J connectivity index is 2.29. The molecule has 0 saturated heterocycles. The SMILES string of the molecule is CC(C)(O)[C@H](N)C(=O)OCC1CCCC1. The Morgan fingerprint density at radius 2 is 2.07 bits per heavy atom. The van der Waals surface area contributed by atoms with Crippen LogP contribution in [0.1, 0.15) is 39.5 Å². The Morgan fingerprint density at radius 3 is 2.53 bits per heavy atom. The Bertz CT molecular complexity index is 216. The number of hydrogen-bond donors (Lipinski definition) is 2. The molecule has 0 aromatic heterocycles. The van der Waals surface area contributed by atoms with E-state index in [0.29, 0.717) is 12.5 Å². The van der Waals surface area contributed by atoms with E-state index in [1.165, 1.54) is 26.7 Å². The first kappa shape index (κ1) is 12.5. The molecule has 0 amide bonds. The number of carbonyl (C=O) groups is 1. The van der Waals surface area contributed by atoms with Gasteiger partial charge in [0.05, 0.1) is 12.2 Å². The van der Waals surface area contributed by atoms with Crippen LogP contribution in [0.15, 0.2) is 0 Å². The minimum atomic E-state index is -1.22. The van der Waals surface area contributed by atoms with Crippen LogP contribution in [0.5, 0.6) is 0 Å². The van der Waals surface area contributed by atoms with Gasteiger partial charge in [-0.2, -0.15) is 0 Å².